The van der Waals surface area contributed by atoms with Crippen LogP contribution >= 0.6 is 11.8 Å². The number of nitriles is 1. The molecule has 1 N–H and O–H groups in total. The Balaban J connectivity index is 2.37. The summed E-state index contributed by atoms with van der Waals surface area (Å²) >= 11 is 1.42. The number of thioether (sulfide) groups is 1. The van der Waals surface area contributed by atoms with E-state index in [9.17, 15) is 4.79 Å². The van der Waals surface area contributed by atoms with Gasteiger partial charge in [0, 0.05) is 12.2 Å². The minimum Gasteiger partial charge on any atom is -0.475 e. The molecule has 0 radical (unpaired) electrons. The fraction of sp³-hybridized carbons (Fsp3) is 0.333. The molecule has 4 nitrogen and oxygen atoms in total. The zero-order chi connectivity index (χ0) is 10.4. The minimum absolute atomic E-state index is 0.0483. The van der Waals surface area contributed by atoms with Crippen LogP contribution in [0.5, 0.6) is 0 Å². The fourth-order valence-corrected chi connectivity index (χ4v) is 1.64. The van der Waals surface area contributed by atoms with Crippen LogP contribution in [-0.2, 0) is 0 Å². The highest BCUT2D eigenvalue weighted by atomic mass is 32.2. The SMILES string of the molecule is N#CCCCSc1ccc(C(=O)O)o1. The molecule has 0 aromatic carbocycles. The first-order chi connectivity index (χ1) is 6.74. The Morgan fingerprint density at radius 2 is 2.43 bits per heavy atom. The first-order valence-electron chi connectivity index (χ1n) is 4.07. The maximum Gasteiger partial charge on any atom is 0.371 e. The van der Waals surface area contributed by atoms with Crippen LogP contribution in [0, 0.1) is 11.3 Å². The number of hydrogen-bond acceptors (Lipinski definition) is 4. The van der Waals surface area contributed by atoms with E-state index in [-0.39, 0.29) is 5.76 Å². The van der Waals surface area contributed by atoms with Gasteiger partial charge in [-0.1, -0.05) is 11.8 Å². The molecule has 0 aliphatic carbocycles. The second-order valence-electron chi connectivity index (χ2n) is 2.53. The van der Waals surface area contributed by atoms with Crippen LogP contribution < -0.4 is 0 Å². The van der Waals surface area contributed by atoms with Gasteiger partial charge in [-0.2, -0.15) is 5.26 Å². The Bertz CT molecular complexity index is 353. The predicted molar refractivity (Wildman–Crippen MR) is 51.2 cm³/mol. The molecule has 1 aromatic heterocycles. The molecule has 0 atom stereocenters. The van der Waals surface area contributed by atoms with Crippen LogP contribution in [0.4, 0.5) is 0 Å². The molecule has 1 aromatic rings. The maximum absolute atomic E-state index is 10.4. The molecule has 0 aliphatic rings. The second-order valence-corrected chi connectivity index (χ2v) is 3.63. The molecule has 0 amide bonds. The Kier molecular flexibility index (Phi) is 4.08. The summed E-state index contributed by atoms with van der Waals surface area (Å²) in [6.45, 7) is 0. The molecule has 1 rings (SSSR count). The summed E-state index contributed by atoms with van der Waals surface area (Å²) in [4.78, 5) is 10.4. The summed E-state index contributed by atoms with van der Waals surface area (Å²) in [7, 11) is 0. The van der Waals surface area contributed by atoms with Gasteiger partial charge in [0.15, 0.2) is 5.09 Å². The molecular weight excluding hydrogens is 202 g/mol. The Hall–Kier alpha value is -1.41. The lowest BCUT2D eigenvalue weighted by Gasteiger charge is -1.93. The van der Waals surface area contributed by atoms with Crippen molar-refractivity contribution >= 4 is 17.7 Å². The smallest absolute Gasteiger partial charge is 0.371 e. The summed E-state index contributed by atoms with van der Waals surface area (Å²) in [5, 5.41) is 17.4. The molecule has 5 heteroatoms. The van der Waals surface area contributed by atoms with Gasteiger partial charge in [-0.25, -0.2) is 4.79 Å². The molecule has 0 aliphatic heterocycles. The molecule has 74 valence electrons. The van der Waals surface area contributed by atoms with E-state index >= 15 is 0 Å². The number of furan rings is 1. The van der Waals surface area contributed by atoms with Crippen molar-refractivity contribution in [3.8, 4) is 6.07 Å². The van der Waals surface area contributed by atoms with Crippen molar-refractivity contribution in [3.63, 3.8) is 0 Å². The number of hydrogen-bond donors (Lipinski definition) is 1. The Labute approximate surface area is 85.5 Å². The van der Waals surface area contributed by atoms with Crippen molar-refractivity contribution < 1.29 is 14.3 Å². The van der Waals surface area contributed by atoms with Crippen LogP contribution in [-0.4, -0.2) is 16.8 Å². The molecule has 0 saturated heterocycles. The van der Waals surface area contributed by atoms with Crippen molar-refractivity contribution in [2.75, 3.05) is 5.75 Å². The summed E-state index contributed by atoms with van der Waals surface area (Å²) in [6.07, 6.45) is 1.30. The molecule has 0 unspecified atom stereocenters. The van der Waals surface area contributed by atoms with Gasteiger partial charge in [0.1, 0.15) is 0 Å². The summed E-state index contributed by atoms with van der Waals surface area (Å²) in [5.41, 5.74) is 0. The van der Waals surface area contributed by atoms with E-state index in [1.54, 1.807) is 6.07 Å². The summed E-state index contributed by atoms with van der Waals surface area (Å²) in [5.74, 6) is -0.346. The van der Waals surface area contributed by atoms with E-state index in [1.807, 2.05) is 6.07 Å². The third-order valence-corrected chi connectivity index (χ3v) is 2.47. The zero-order valence-corrected chi connectivity index (χ0v) is 8.21. The van der Waals surface area contributed by atoms with Gasteiger partial charge in [-0.15, -0.1) is 0 Å². The Morgan fingerprint density at radius 3 is 3.00 bits per heavy atom. The number of carbonyl (C=O) groups is 1. The van der Waals surface area contributed by atoms with Crippen molar-refractivity contribution in [2.24, 2.45) is 0 Å². The lowest BCUT2D eigenvalue weighted by molar-refractivity contribution is 0.0656. The van der Waals surface area contributed by atoms with Gasteiger partial charge >= 0.3 is 5.97 Å². The van der Waals surface area contributed by atoms with Gasteiger partial charge in [0.2, 0.25) is 5.76 Å². The summed E-state index contributed by atoms with van der Waals surface area (Å²) in [6, 6.07) is 5.09. The topological polar surface area (TPSA) is 74.2 Å². The number of nitrogens with zero attached hydrogens (tertiary/aromatic N) is 1. The third kappa shape index (κ3) is 3.15. The lowest BCUT2D eigenvalue weighted by atomic mass is 10.4. The molecule has 0 bridgehead atoms. The first kappa shape index (κ1) is 10.7. The van der Waals surface area contributed by atoms with E-state index in [1.165, 1.54) is 17.8 Å². The third-order valence-electron chi connectivity index (χ3n) is 1.47. The van der Waals surface area contributed by atoms with Gasteiger partial charge in [-0.3, -0.25) is 0 Å². The Morgan fingerprint density at radius 1 is 1.64 bits per heavy atom. The lowest BCUT2D eigenvalue weighted by Crippen LogP contribution is -1.91. The first-order valence-corrected chi connectivity index (χ1v) is 5.05. The molecule has 0 fully saturated rings. The molecule has 1 heterocycles. The van der Waals surface area contributed by atoms with E-state index in [4.69, 9.17) is 14.8 Å². The largest absolute Gasteiger partial charge is 0.475 e. The van der Waals surface area contributed by atoms with E-state index in [0.717, 1.165) is 12.2 Å². The van der Waals surface area contributed by atoms with E-state index in [2.05, 4.69) is 0 Å². The van der Waals surface area contributed by atoms with Crippen LogP contribution in [0.2, 0.25) is 0 Å². The quantitative estimate of drug-likeness (QED) is 0.597. The summed E-state index contributed by atoms with van der Waals surface area (Å²) < 4.78 is 5.01. The second kappa shape index (κ2) is 5.35. The van der Waals surface area contributed by atoms with Crippen molar-refractivity contribution in [1.82, 2.24) is 0 Å². The maximum atomic E-state index is 10.4. The molecular formula is C9H9NO3S. The van der Waals surface area contributed by atoms with Crippen molar-refractivity contribution in [3.05, 3.63) is 17.9 Å². The number of aromatic carboxylic acids is 1. The number of rotatable bonds is 5. The number of unbranched alkanes of at least 4 members (excludes halogenated alkanes) is 1. The van der Waals surface area contributed by atoms with Crippen molar-refractivity contribution in [1.29, 1.82) is 5.26 Å². The predicted octanol–water partition coefficient (Wildman–Crippen LogP) is 2.37. The van der Waals surface area contributed by atoms with Crippen molar-refractivity contribution in [2.45, 2.75) is 17.9 Å². The van der Waals surface area contributed by atoms with Crippen LogP contribution in [0.3, 0.4) is 0 Å². The van der Waals surface area contributed by atoms with E-state index in [0.29, 0.717) is 11.5 Å². The number of carboxylic acid groups (broad SMARTS) is 1. The van der Waals surface area contributed by atoms with Crippen LogP contribution in [0.25, 0.3) is 0 Å². The fourth-order valence-electron chi connectivity index (χ4n) is 0.837. The monoisotopic (exact) mass is 211 g/mol. The highest BCUT2D eigenvalue weighted by Crippen LogP contribution is 2.21. The van der Waals surface area contributed by atoms with Gasteiger partial charge < -0.3 is 9.52 Å². The van der Waals surface area contributed by atoms with Gasteiger partial charge in [0.05, 0.1) is 6.07 Å². The molecule has 0 saturated carbocycles. The van der Waals surface area contributed by atoms with Crippen LogP contribution in [0.15, 0.2) is 21.6 Å². The number of carboxylic acids is 1. The molecule has 0 spiro atoms. The van der Waals surface area contributed by atoms with E-state index < -0.39 is 5.97 Å². The average molecular weight is 211 g/mol. The van der Waals surface area contributed by atoms with Crippen LogP contribution in [0.1, 0.15) is 23.4 Å². The zero-order valence-electron chi connectivity index (χ0n) is 7.40. The normalized spacial score (nSPS) is 9.64. The van der Waals surface area contributed by atoms with Gasteiger partial charge in [-0.05, 0) is 18.6 Å². The highest BCUT2D eigenvalue weighted by molar-refractivity contribution is 7.99. The van der Waals surface area contributed by atoms with Gasteiger partial charge in [0.25, 0.3) is 0 Å². The highest BCUT2D eigenvalue weighted by Gasteiger charge is 2.08. The average Bonchev–Trinajstić information content (AvgIpc) is 2.61. The molecule has 14 heavy (non-hydrogen) atoms. The standard InChI is InChI=1S/C9H9NO3S/c10-5-1-2-6-14-8-4-3-7(13-8)9(11)12/h3-4H,1-2,6H2,(H,11,12). The minimum atomic E-state index is -1.06.